The Balaban J connectivity index is 2.41. The Morgan fingerprint density at radius 3 is 2.67 bits per heavy atom. The molecule has 0 aliphatic carbocycles. The van der Waals surface area contributed by atoms with Crippen molar-refractivity contribution in [1.82, 2.24) is 0 Å². The second-order valence-electron chi connectivity index (χ2n) is 4.97. The van der Waals surface area contributed by atoms with Crippen molar-refractivity contribution in [3.63, 3.8) is 0 Å². The highest BCUT2D eigenvalue weighted by Gasteiger charge is 2.20. The lowest BCUT2D eigenvalue weighted by molar-refractivity contribution is 0.594. The highest BCUT2D eigenvalue weighted by Crippen LogP contribution is 2.31. The van der Waals surface area contributed by atoms with Crippen LogP contribution in [0.4, 0.5) is 10.1 Å². The molecular weight excluding hydrogens is 353 g/mol. The van der Waals surface area contributed by atoms with Crippen molar-refractivity contribution in [2.45, 2.75) is 26.4 Å². The number of halogens is 2. The third-order valence-electron chi connectivity index (χ3n) is 3.19. The zero-order valence-corrected chi connectivity index (χ0v) is 14.3. The van der Waals surface area contributed by atoms with Crippen LogP contribution in [0.1, 0.15) is 24.3 Å². The molecule has 0 saturated heterocycles. The van der Waals surface area contributed by atoms with Crippen molar-refractivity contribution in [2.24, 2.45) is 5.73 Å². The van der Waals surface area contributed by atoms with Gasteiger partial charge < -0.3 is 10.6 Å². The normalized spacial score (nSPS) is 10.9. The molecule has 0 bridgehead atoms. The maximum absolute atomic E-state index is 14.6. The van der Waals surface area contributed by atoms with E-state index in [2.05, 4.69) is 15.9 Å². The molecule has 0 saturated carbocycles. The summed E-state index contributed by atoms with van der Waals surface area (Å²) < 4.78 is 14.9. The van der Waals surface area contributed by atoms with Gasteiger partial charge in [-0.3, -0.25) is 5.41 Å². The van der Waals surface area contributed by atoms with Crippen LogP contribution in [0.3, 0.4) is 0 Å². The number of nitrogens with two attached hydrogens (primary N) is 1. The Hall–Kier alpha value is -1.40. The molecule has 2 rings (SSSR count). The number of amidine groups is 1. The number of thiophene rings is 1. The highest BCUT2D eigenvalue weighted by atomic mass is 79.9. The summed E-state index contributed by atoms with van der Waals surface area (Å²) in [5.74, 6) is -0.533. The summed E-state index contributed by atoms with van der Waals surface area (Å²) in [6.07, 6.45) is 0. The standard InChI is InChI=1S/C15H17BrFN3S/c1-9(2)20(8-10-4-3-7-21-10)12-6-5-11(15(18)19)13(16)14(12)17/h3-7,9H,8H2,1-2H3,(H3,18,19). The quantitative estimate of drug-likeness (QED) is 0.607. The largest absolute Gasteiger partial charge is 0.384 e. The molecule has 0 fully saturated rings. The van der Waals surface area contributed by atoms with Crippen LogP contribution in [0.15, 0.2) is 34.1 Å². The second kappa shape index (κ2) is 6.58. The first-order valence-corrected chi connectivity index (χ1v) is 8.20. The fourth-order valence-corrected chi connectivity index (χ4v) is 3.34. The third-order valence-corrected chi connectivity index (χ3v) is 4.83. The maximum atomic E-state index is 14.6. The first-order valence-electron chi connectivity index (χ1n) is 6.53. The molecule has 0 spiro atoms. The van der Waals surface area contributed by atoms with Crippen molar-refractivity contribution in [3.05, 3.63) is 50.4 Å². The molecular formula is C15H17BrFN3S. The molecule has 0 atom stereocenters. The van der Waals surface area contributed by atoms with Crippen LogP contribution in [-0.2, 0) is 6.54 Å². The summed E-state index contributed by atoms with van der Waals surface area (Å²) in [5, 5.41) is 9.48. The van der Waals surface area contributed by atoms with E-state index in [0.29, 0.717) is 17.8 Å². The summed E-state index contributed by atoms with van der Waals surface area (Å²) in [5.41, 5.74) is 6.33. The molecule has 3 N–H and O–H groups in total. The van der Waals surface area contributed by atoms with E-state index in [-0.39, 0.29) is 22.2 Å². The third kappa shape index (κ3) is 3.44. The van der Waals surface area contributed by atoms with Gasteiger partial charge in [-0.15, -0.1) is 11.3 Å². The monoisotopic (exact) mass is 369 g/mol. The van der Waals surface area contributed by atoms with E-state index in [0.717, 1.165) is 0 Å². The SMILES string of the molecule is CC(C)N(Cc1cccs1)c1ccc(C(=N)N)c(Br)c1F. The first kappa shape index (κ1) is 16.0. The summed E-state index contributed by atoms with van der Waals surface area (Å²) in [7, 11) is 0. The lowest BCUT2D eigenvalue weighted by atomic mass is 10.1. The number of benzene rings is 1. The molecule has 3 nitrogen and oxygen atoms in total. The Bertz CT molecular complexity index is 641. The molecule has 1 aromatic carbocycles. The van der Waals surface area contributed by atoms with Crippen molar-refractivity contribution < 1.29 is 4.39 Å². The average molecular weight is 370 g/mol. The summed E-state index contributed by atoms with van der Waals surface area (Å²) in [6.45, 7) is 4.71. The van der Waals surface area contributed by atoms with Crippen molar-refractivity contribution in [3.8, 4) is 0 Å². The number of rotatable bonds is 5. The lowest BCUT2D eigenvalue weighted by Crippen LogP contribution is -2.31. The Labute approximate surface area is 136 Å². The average Bonchev–Trinajstić information content (AvgIpc) is 2.92. The maximum Gasteiger partial charge on any atom is 0.161 e. The molecule has 0 aliphatic rings. The number of nitrogen functional groups attached to an aromatic ring is 1. The van der Waals surface area contributed by atoms with Crippen LogP contribution in [0, 0.1) is 11.2 Å². The topological polar surface area (TPSA) is 53.1 Å². The minimum atomic E-state index is -0.382. The number of anilines is 1. The van der Waals surface area contributed by atoms with Gasteiger partial charge in [-0.2, -0.15) is 0 Å². The van der Waals surface area contributed by atoms with Crippen LogP contribution in [0.2, 0.25) is 0 Å². The smallest absolute Gasteiger partial charge is 0.161 e. The fraction of sp³-hybridized carbons (Fsp3) is 0.267. The Morgan fingerprint density at radius 2 is 2.14 bits per heavy atom. The Kier molecular flexibility index (Phi) is 5.00. The van der Waals surface area contributed by atoms with Gasteiger partial charge in [0.05, 0.1) is 16.7 Å². The van der Waals surface area contributed by atoms with E-state index in [9.17, 15) is 4.39 Å². The molecule has 0 amide bonds. The molecule has 112 valence electrons. The minimum absolute atomic E-state index is 0.150. The van der Waals surface area contributed by atoms with E-state index in [1.807, 2.05) is 36.3 Å². The zero-order chi connectivity index (χ0) is 15.6. The highest BCUT2D eigenvalue weighted by molar-refractivity contribution is 9.10. The van der Waals surface area contributed by atoms with Gasteiger partial charge >= 0.3 is 0 Å². The first-order chi connectivity index (χ1) is 9.91. The molecule has 0 aliphatic heterocycles. The van der Waals surface area contributed by atoms with Crippen molar-refractivity contribution in [2.75, 3.05) is 4.90 Å². The van der Waals surface area contributed by atoms with Gasteiger partial charge in [0.1, 0.15) is 5.84 Å². The van der Waals surface area contributed by atoms with Gasteiger partial charge in [0.15, 0.2) is 5.82 Å². The van der Waals surface area contributed by atoms with E-state index in [4.69, 9.17) is 11.1 Å². The summed E-state index contributed by atoms with van der Waals surface area (Å²) >= 11 is 4.86. The number of hydrogen-bond donors (Lipinski definition) is 2. The van der Waals surface area contributed by atoms with Gasteiger partial charge in [-0.25, -0.2) is 4.39 Å². The van der Waals surface area contributed by atoms with Gasteiger partial charge in [0.2, 0.25) is 0 Å². The van der Waals surface area contributed by atoms with E-state index in [1.165, 1.54) is 4.88 Å². The molecule has 21 heavy (non-hydrogen) atoms. The van der Waals surface area contributed by atoms with E-state index >= 15 is 0 Å². The fourth-order valence-electron chi connectivity index (χ4n) is 2.09. The number of nitrogens with one attached hydrogen (secondary N) is 1. The predicted octanol–water partition coefficient (Wildman–Crippen LogP) is 4.35. The van der Waals surface area contributed by atoms with Crippen LogP contribution in [0.25, 0.3) is 0 Å². The van der Waals surface area contributed by atoms with Crippen molar-refractivity contribution in [1.29, 1.82) is 5.41 Å². The minimum Gasteiger partial charge on any atom is -0.384 e. The molecule has 2 aromatic rings. The second-order valence-corrected chi connectivity index (χ2v) is 6.80. The van der Waals surface area contributed by atoms with Gasteiger partial charge in [0.25, 0.3) is 0 Å². The Morgan fingerprint density at radius 1 is 1.43 bits per heavy atom. The van der Waals surface area contributed by atoms with Crippen LogP contribution < -0.4 is 10.6 Å². The molecule has 6 heteroatoms. The van der Waals surface area contributed by atoms with Gasteiger partial charge in [-0.1, -0.05) is 6.07 Å². The molecule has 1 heterocycles. The zero-order valence-electron chi connectivity index (χ0n) is 11.9. The number of nitrogens with zero attached hydrogens (tertiary/aromatic N) is 1. The summed E-state index contributed by atoms with van der Waals surface area (Å²) in [6, 6.07) is 7.54. The van der Waals surface area contributed by atoms with Gasteiger partial charge in [0, 0.05) is 16.5 Å². The van der Waals surface area contributed by atoms with Crippen molar-refractivity contribution >= 4 is 38.8 Å². The predicted molar refractivity (Wildman–Crippen MR) is 90.8 cm³/mol. The lowest BCUT2D eigenvalue weighted by Gasteiger charge is -2.29. The van der Waals surface area contributed by atoms with E-state index in [1.54, 1.807) is 23.5 Å². The molecule has 1 aromatic heterocycles. The van der Waals surface area contributed by atoms with Crippen LogP contribution >= 0.6 is 27.3 Å². The van der Waals surface area contributed by atoms with E-state index < -0.39 is 0 Å². The molecule has 0 unspecified atom stereocenters. The number of hydrogen-bond acceptors (Lipinski definition) is 3. The van der Waals surface area contributed by atoms with Gasteiger partial charge in [-0.05, 0) is 53.4 Å². The van der Waals surface area contributed by atoms with Crippen LogP contribution in [-0.4, -0.2) is 11.9 Å². The summed E-state index contributed by atoms with van der Waals surface area (Å²) in [4.78, 5) is 3.17. The van der Waals surface area contributed by atoms with Crippen LogP contribution in [0.5, 0.6) is 0 Å². The molecule has 0 radical (unpaired) electrons.